The van der Waals surface area contributed by atoms with Gasteiger partial charge in [-0.3, -0.25) is 8.97 Å². The van der Waals surface area contributed by atoms with Crippen LogP contribution in [0.15, 0.2) is 36.4 Å². The Balaban J connectivity index is 2.51. The fourth-order valence-electron chi connectivity index (χ4n) is 3.17. The van der Waals surface area contributed by atoms with Gasteiger partial charge in [-0.25, -0.2) is 9.59 Å². The molecule has 180 valence electrons. The lowest BCUT2D eigenvalue weighted by molar-refractivity contribution is 0.171. The van der Waals surface area contributed by atoms with Crippen molar-refractivity contribution in [2.24, 2.45) is 0 Å². The molecule has 0 aliphatic heterocycles. The van der Waals surface area contributed by atoms with Gasteiger partial charge in [-0.05, 0) is 24.3 Å². The van der Waals surface area contributed by atoms with Crippen molar-refractivity contribution < 1.29 is 19.1 Å². The molecule has 33 heavy (non-hydrogen) atoms. The highest BCUT2D eigenvalue weighted by Crippen LogP contribution is 2.34. The van der Waals surface area contributed by atoms with Gasteiger partial charge in [0.2, 0.25) is 0 Å². The maximum Gasteiger partial charge on any atom is 0.414 e. The van der Waals surface area contributed by atoms with Crippen molar-refractivity contribution >= 4 is 23.6 Å². The van der Waals surface area contributed by atoms with Crippen LogP contribution in [0.1, 0.15) is 11.1 Å². The van der Waals surface area contributed by atoms with E-state index in [0.717, 1.165) is 22.5 Å². The molecule has 0 saturated heterocycles. The number of ether oxygens (including phenoxy) is 2. The lowest BCUT2D eigenvalue weighted by atomic mass is 10.00. The van der Waals surface area contributed by atoms with E-state index in [1.807, 2.05) is 24.3 Å². The molecular weight excluding hydrogens is 420 g/mol. The zero-order chi connectivity index (χ0) is 25.1. The van der Waals surface area contributed by atoms with Crippen LogP contribution in [0.2, 0.25) is 0 Å². The molecule has 8 nitrogen and oxygen atoms in total. The summed E-state index contributed by atoms with van der Waals surface area (Å²) in [7, 11) is 19.0. The van der Waals surface area contributed by atoms with Gasteiger partial charge in [0.1, 0.15) is 22.9 Å². The van der Waals surface area contributed by atoms with E-state index in [1.165, 1.54) is 9.80 Å². The number of benzene rings is 2. The molecule has 2 aromatic rings. The summed E-state index contributed by atoms with van der Waals surface area (Å²) in [5.74, 6) is 1.02. The zero-order valence-corrected chi connectivity index (χ0v) is 21.6. The van der Waals surface area contributed by atoms with Crippen LogP contribution in [0.5, 0.6) is 11.5 Å². The van der Waals surface area contributed by atoms with E-state index in [9.17, 15) is 9.59 Å². The molecule has 8 heteroatoms. The quantitative estimate of drug-likeness (QED) is 0.618. The molecule has 0 bridgehead atoms. The number of carbonyl (C=O) groups excluding carboxylic acids is 2. The molecule has 0 aromatic heterocycles. The SMILES string of the molecule is CN(C)C(=O)Oc1ccc(Cc2ccc([N+](C)(C)C)cc2OC(=O)N(C)C)c([N+](C)(C)C)c1. The number of rotatable bonds is 6. The van der Waals surface area contributed by atoms with Gasteiger partial charge < -0.3 is 19.3 Å². The van der Waals surface area contributed by atoms with E-state index in [4.69, 9.17) is 9.47 Å². The molecule has 2 aromatic carbocycles. The minimum Gasteiger partial charge on any atom is -0.410 e. The van der Waals surface area contributed by atoms with Crippen LogP contribution < -0.4 is 18.4 Å². The van der Waals surface area contributed by atoms with Gasteiger partial charge in [0, 0.05) is 57.9 Å². The highest BCUT2D eigenvalue weighted by molar-refractivity contribution is 5.72. The molecule has 0 spiro atoms. The number of hydrogen-bond acceptors (Lipinski definition) is 4. The first kappa shape index (κ1) is 26.2. The summed E-state index contributed by atoms with van der Waals surface area (Å²) in [5, 5.41) is 0. The fraction of sp³-hybridized carbons (Fsp3) is 0.440. The Bertz CT molecular complexity index is 1020. The van der Waals surface area contributed by atoms with Crippen LogP contribution in [0.25, 0.3) is 0 Å². The molecule has 0 atom stereocenters. The van der Waals surface area contributed by atoms with Crippen LogP contribution in [0, 0.1) is 0 Å². The molecule has 0 aliphatic carbocycles. The zero-order valence-electron chi connectivity index (χ0n) is 21.6. The summed E-state index contributed by atoms with van der Waals surface area (Å²) < 4.78 is 12.3. The molecule has 0 aliphatic rings. The summed E-state index contributed by atoms with van der Waals surface area (Å²) in [6, 6.07) is 11.6. The third-order valence-electron chi connectivity index (χ3n) is 5.12. The van der Waals surface area contributed by atoms with E-state index < -0.39 is 12.2 Å². The smallest absolute Gasteiger partial charge is 0.410 e. The Morgan fingerprint density at radius 3 is 1.79 bits per heavy atom. The van der Waals surface area contributed by atoms with Crippen LogP contribution in [0.4, 0.5) is 21.0 Å². The van der Waals surface area contributed by atoms with Crippen molar-refractivity contribution in [3.8, 4) is 11.5 Å². The second-order valence-corrected chi connectivity index (χ2v) is 10.3. The van der Waals surface area contributed by atoms with Crippen molar-refractivity contribution in [1.29, 1.82) is 0 Å². The van der Waals surface area contributed by atoms with Gasteiger partial charge in [0.15, 0.2) is 0 Å². The average molecular weight is 459 g/mol. The second kappa shape index (κ2) is 9.80. The molecule has 0 saturated carbocycles. The predicted molar refractivity (Wildman–Crippen MR) is 134 cm³/mol. The second-order valence-electron chi connectivity index (χ2n) is 10.3. The number of amides is 2. The maximum absolute atomic E-state index is 12.3. The topological polar surface area (TPSA) is 59.1 Å². The minimum atomic E-state index is -0.427. The van der Waals surface area contributed by atoms with Gasteiger partial charge in [0.25, 0.3) is 0 Å². The number of carbonyl (C=O) groups is 2. The van der Waals surface area contributed by atoms with Gasteiger partial charge >= 0.3 is 12.2 Å². The van der Waals surface area contributed by atoms with E-state index >= 15 is 0 Å². The lowest BCUT2D eigenvalue weighted by Gasteiger charge is -2.27. The van der Waals surface area contributed by atoms with Crippen LogP contribution >= 0.6 is 0 Å². The standard InChI is InChI=1S/C25H38N4O4/c1-26(2)24(30)32-21-14-12-18(22(17-21)29(8,9)10)15-19-11-13-20(28(5,6)7)16-23(19)33-25(31)27(3)4/h11-14,16-17H,15H2,1-10H3/q+2. The Labute approximate surface area is 197 Å². The van der Waals surface area contributed by atoms with Crippen LogP contribution in [-0.2, 0) is 6.42 Å². The molecule has 0 unspecified atom stereocenters. The first-order valence-electron chi connectivity index (χ1n) is 10.8. The van der Waals surface area contributed by atoms with E-state index in [2.05, 4.69) is 48.4 Å². The highest BCUT2D eigenvalue weighted by atomic mass is 16.6. The lowest BCUT2D eigenvalue weighted by Crippen LogP contribution is -2.36. The van der Waals surface area contributed by atoms with Crippen LogP contribution in [-0.4, -0.2) is 92.5 Å². The average Bonchev–Trinajstić information content (AvgIpc) is 2.68. The Morgan fingerprint density at radius 2 is 1.27 bits per heavy atom. The van der Waals surface area contributed by atoms with Gasteiger partial charge in [-0.1, -0.05) is 0 Å². The maximum atomic E-state index is 12.3. The largest absolute Gasteiger partial charge is 0.414 e. The van der Waals surface area contributed by atoms with Crippen molar-refractivity contribution in [2.45, 2.75) is 6.42 Å². The molecule has 0 heterocycles. The monoisotopic (exact) mass is 458 g/mol. The summed E-state index contributed by atoms with van der Waals surface area (Å²) in [5.41, 5.74) is 3.97. The molecule has 0 fully saturated rings. The molecule has 0 radical (unpaired) electrons. The summed E-state index contributed by atoms with van der Waals surface area (Å²) in [6.45, 7) is 0. The third-order valence-corrected chi connectivity index (χ3v) is 5.12. The fourth-order valence-corrected chi connectivity index (χ4v) is 3.17. The first-order chi connectivity index (χ1) is 15.1. The van der Waals surface area contributed by atoms with E-state index in [0.29, 0.717) is 26.9 Å². The first-order valence-corrected chi connectivity index (χ1v) is 10.8. The Hall–Kier alpha value is -3.10. The highest BCUT2D eigenvalue weighted by Gasteiger charge is 2.23. The van der Waals surface area contributed by atoms with Crippen LogP contribution in [0.3, 0.4) is 0 Å². The third kappa shape index (κ3) is 6.94. The predicted octanol–water partition coefficient (Wildman–Crippen LogP) is 3.79. The van der Waals surface area contributed by atoms with Crippen molar-refractivity contribution in [1.82, 2.24) is 18.8 Å². The number of quaternary nitrogens is 2. The van der Waals surface area contributed by atoms with Gasteiger partial charge in [0.05, 0.1) is 42.3 Å². The minimum absolute atomic E-state index is 0.424. The van der Waals surface area contributed by atoms with Crippen molar-refractivity contribution in [3.05, 3.63) is 47.5 Å². The normalized spacial score (nSPS) is 11.7. The van der Waals surface area contributed by atoms with E-state index in [1.54, 1.807) is 34.3 Å². The molecule has 2 amide bonds. The summed E-state index contributed by atoms with van der Waals surface area (Å²) >= 11 is 0. The molecule has 2 rings (SSSR count). The molecule has 0 N–H and O–H groups in total. The van der Waals surface area contributed by atoms with Gasteiger partial charge in [-0.15, -0.1) is 0 Å². The summed E-state index contributed by atoms with van der Waals surface area (Å²) in [4.78, 5) is 27.2. The van der Waals surface area contributed by atoms with Gasteiger partial charge in [-0.2, -0.15) is 0 Å². The number of nitrogens with zero attached hydrogens (tertiary/aromatic N) is 4. The molecular formula is C25H38N4O4+2. The van der Waals surface area contributed by atoms with Crippen molar-refractivity contribution in [2.75, 3.05) is 70.5 Å². The Morgan fingerprint density at radius 1 is 0.727 bits per heavy atom. The van der Waals surface area contributed by atoms with Crippen molar-refractivity contribution in [3.63, 3.8) is 0 Å². The Kier molecular flexibility index (Phi) is 7.77. The summed E-state index contributed by atoms with van der Waals surface area (Å²) in [6.07, 6.45) is -0.295. The van der Waals surface area contributed by atoms with E-state index in [-0.39, 0.29) is 0 Å². The number of hydrogen-bond donors (Lipinski definition) is 0.